The molecule has 0 bridgehead atoms. The largest absolute Gasteiger partial charge is 0.480 e. The molecule has 142 valence electrons. The number of benzene rings is 1. The van der Waals surface area contributed by atoms with Crippen molar-refractivity contribution in [3.8, 4) is 0 Å². The lowest BCUT2D eigenvalue weighted by atomic mass is 9.95. The van der Waals surface area contributed by atoms with Crippen molar-refractivity contribution in [3.63, 3.8) is 0 Å². The van der Waals surface area contributed by atoms with Gasteiger partial charge in [-0.3, -0.25) is 4.79 Å². The fourth-order valence-electron chi connectivity index (χ4n) is 2.85. The molecule has 1 unspecified atom stereocenters. The molecule has 0 aliphatic carbocycles. The Hall–Kier alpha value is -2.51. The number of alkyl halides is 3. The first kappa shape index (κ1) is 19.8. The summed E-state index contributed by atoms with van der Waals surface area (Å²) < 4.78 is 42.7. The molecule has 1 aromatic heterocycles. The van der Waals surface area contributed by atoms with Gasteiger partial charge in [-0.05, 0) is 36.1 Å². The number of rotatable bonds is 6. The zero-order chi connectivity index (χ0) is 19.6. The second-order valence-electron chi connectivity index (χ2n) is 6.58. The van der Waals surface area contributed by atoms with Crippen molar-refractivity contribution in [1.29, 1.82) is 0 Å². The van der Waals surface area contributed by atoms with Gasteiger partial charge < -0.3 is 14.8 Å². The number of carbonyl (C=O) groups is 2. The van der Waals surface area contributed by atoms with Crippen molar-refractivity contribution in [3.05, 3.63) is 35.1 Å². The molecule has 0 aliphatic rings. The maximum atomic E-state index is 12.4. The van der Waals surface area contributed by atoms with E-state index < -0.39 is 30.5 Å². The minimum atomic E-state index is -4.69. The summed E-state index contributed by atoms with van der Waals surface area (Å²) in [5.41, 5.74) is 3.17. The summed E-state index contributed by atoms with van der Waals surface area (Å²) in [5, 5.41) is 11.5. The van der Waals surface area contributed by atoms with Crippen molar-refractivity contribution in [2.45, 2.75) is 51.7 Å². The van der Waals surface area contributed by atoms with Crippen LogP contribution in [0.2, 0.25) is 0 Å². The topological polar surface area (TPSA) is 79.5 Å². The number of amides is 1. The number of carbonyl (C=O) groups excluding carboxylic acids is 1. The van der Waals surface area contributed by atoms with Crippen LogP contribution in [0.5, 0.6) is 0 Å². The molecule has 8 heteroatoms. The van der Waals surface area contributed by atoms with Crippen molar-refractivity contribution in [2.24, 2.45) is 0 Å². The minimum Gasteiger partial charge on any atom is -0.480 e. The number of hydrogen-bond donors (Lipinski definition) is 2. The van der Waals surface area contributed by atoms with Crippen LogP contribution < -0.4 is 5.32 Å². The lowest BCUT2D eigenvalue weighted by Gasteiger charge is -2.16. The Balaban J connectivity index is 2.20. The Bertz CT molecular complexity index is 824. The van der Waals surface area contributed by atoms with Gasteiger partial charge in [-0.1, -0.05) is 13.8 Å². The third kappa shape index (κ3) is 4.77. The van der Waals surface area contributed by atoms with Gasteiger partial charge in [0.25, 0.3) is 0 Å². The van der Waals surface area contributed by atoms with Crippen molar-refractivity contribution < 1.29 is 32.3 Å². The van der Waals surface area contributed by atoms with Gasteiger partial charge in [-0.25, -0.2) is 4.79 Å². The highest BCUT2D eigenvalue weighted by molar-refractivity contribution is 5.90. The number of aryl methyl sites for hydroxylation is 1. The third-order valence-electron chi connectivity index (χ3n) is 4.08. The van der Waals surface area contributed by atoms with Crippen LogP contribution in [0.25, 0.3) is 11.0 Å². The monoisotopic (exact) mass is 371 g/mol. The summed E-state index contributed by atoms with van der Waals surface area (Å²) in [4.78, 5) is 23.0. The van der Waals surface area contributed by atoms with E-state index in [9.17, 15) is 22.8 Å². The van der Waals surface area contributed by atoms with Gasteiger partial charge in [-0.15, -0.1) is 0 Å². The average molecular weight is 371 g/mol. The van der Waals surface area contributed by atoms with E-state index in [1.807, 2.05) is 38.2 Å². The molecule has 2 aromatic rings. The highest BCUT2D eigenvalue weighted by Gasteiger charge is 2.36. The molecule has 0 fully saturated rings. The quantitative estimate of drug-likeness (QED) is 0.806. The number of halogens is 3. The lowest BCUT2D eigenvalue weighted by Crippen LogP contribution is -2.44. The van der Waals surface area contributed by atoms with Crippen LogP contribution in [0, 0.1) is 6.92 Å². The zero-order valence-corrected chi connectivity index (χ0v) is 14.6. The van der Waals surface area contributed by atoms with Crippen molar-refractivity contribution >= 4 is 22.8 Å². The molecule has 0 spiro atoms. The van der Waals surface area contributed by atoms with E-state index >= 15 is 0 Å². The van der Waals surface area contributed by atoms with Gasteiger partial charge >= 0.3 is 12.1 Å². The Labute approximate surface area is 148 Å². The molecule has 1 atom stereocenters. The first-order valence-electron chi connectivity index (χ1n) is 8.07. The van der Waals surface area contributed by atoms with E-state index in [0.29, 0.717) is 16.5 Å². The fraction of sp³-hybridized carbons (Fsp3) is 0.444. The average Bonchev–Trinajstić information content (AvgIpc) is 2.85. The molecule has 0 saturated carbocycles. The Morgan fingerprint density at radius 1 is 1.27 bits per heavy atom. The highest BCUT2D eigenvalue weighted by atomic mass is 19.4. The Morgan fingerprint density at radius 2 is 1.92 bits per heavy atom. The number of fused-ring (bicyclic) bond motifs is 1. The number of furan rings is 1. The van der Waals surface area contributed by atoms with Crippen LogP contribution in [0.1, 0.15) is 42.9 Å². The normalized spacial score (nSPS) is 13.2. The number of hydrogen-bond acceptors (Lipinski definition) is 3. The first-order valence-corrected chi connectivity index (χ1v) is 8.07. The van der Waals surface area contributed by atoms with Crippen LogP contribution in [-0.4, -0.2) is 29.2 Å². The molecule has 1 amide bonds. The van der Waals surface area contributed by atoms with Crippen LogP contribution in [0.3, 0.4) is 0 Å². The summed E-state index contributed by atoms with van der Waals surface area (Å²) in [6.07, 6.45) is -5.22. The van der Waals surface area contributed by atoms with E-state index in [1.165, 1.54) is 6.26 Å². The minimum absolute atomic E-state index is 0.249. The standard InChI is InChI=1S/C18H20F3NO4/c1-9(2)12-6-13-11(8-26-15(13)4-10(12)3)5-16(23)22-14(17(24)25)7-18(19,20)21/h4,6,8-9,14H,5,7H2,1-3H3,(H,22,23)(H,24,25). The van der Waals surface area contributed by atoms with E-state index in [-0.39, 0.29) is 12.3 Å². The van der Waals surface area contributed by atoms with E-state index in [2.05, 4.69) is 0 Å². The number of nitrogens with one attached hydrogen (secondary N) is 1. The van der Waals surface area contributed by atoms with Crippen LogP contribution in [-0.2, 0) is 16.0 Å². The Morgan fingerprint density at radius 3 is 2.46 bits per heavy atom. The molecule has 26 heavy (non-hydrogen) atoms. The van der Waals surface area contributed by atoms with E-state index in [0.717, 1.165) is 11.1 Å². The predicted molar refractivity (Wildman–Crippen MR) is 89.0 cm³/mol. The smallest absolute Gasteiger partial charge is 0.391 e. The lowest BCUT2D eigenvalue weighted by molar-refractivity contribution is -0.159. The summed E-state index contributed by atoms with van der Waals surface area (Å²) in [5.74, 6) is -2.29. The molecular weight excluding hydrogens is 351 g/mol. The molecular formula is C18H20F3NO4. The Kier molecular flexibility index (Phi) is 5.63. The molecule has 0 aliphatic heterocycles. The molecule has 1 heterocycles. The van der Waals surface area contributed by atoms with Gasteiger partial charge in [0, 0.05) is 10.9 Å². The van der Waals surface area contributed by atoms with Crippen LogP contribution in [0.15, 0.2) is 22.8 Å². The summed E-state index contributed by atoms with van der Waals surface area (Å²) in [6, 6.07) is 1.72. The van der Waals surface area contributed by atoms with Gasteiger partial charge in [0.05, 0.1) is 19.1 Å². The maximum absolute atomic E-state index is 12.4. The second-order valence-corrected chi connectivity index (χ2v) is 6.58. The molecule has 5 nitrogen and oxygen atoms in total. The van der Waals surface area contributed by atoms with E-state index in [4.69, 9.17) is 9.52 Å². The molecule has 2 rings (SSSR count). The summed E-state index contributed by atoms with van der Waals surface area (Å²) in [6.45, 7) is 5.99. The summed E-state index contributed by atoms with van der Waals surface area (Å²) >= 11 is 0. The maximum Gasteiger partial charge on any atom is 0.391 e. The van der Waals surface area contributed by atoms with Gasteiger partial charge in [-0.2, -0.15) is 13.2 Å². The fourth-order valence-corrected chi connectivity index (χ4v) is 2.85. The number of aliphatic carboxylic acids is 1. The van der Waals surface area contributed by atoms with Crippen LogP contribution >= 0.6 is 0 Å². The number of carboxylic acid groups (broad SMARTS) is 1. The van der Waals surface area contributed by atoms with Gasteiger partial charge in [0.1, 0.15) is 11.6 Å². The van der Waals surface area contributed by atoms with Gasteiger partial charge in [0.2, 0.25) is 5.91 Å². The highest BCUT2D eigenvalue weighted by Crippen LogP contribution is 2.29. The molecule has 0 saturated heterocycles. The zero-order valence-electron chi connectivity index (χ0n) is 14.6. The van der Waals surface area contributed by atoms with Gasteiger partial charge in [0.15, 0.2) is 0 Å². The first-order chi connectivity index (χ1) is 12.0. The molecule has 1 aromatic carbocycles. The number of carboxylic acids is 1. The van der Waals surface area contributed by atoms with Crippen LogP contribution in [0.4, 0.5) is 13.2 Å². The molecule has 0 radical (unpaired) electrons. The predicted octanol–water partition coefficient (Wildman–Crippen LogP) is 3.93. The molecule has 2 N–H and O–H groups in total. The SMILES string of the molecule is Cc1cc2occ(CC(=O)NC(CC(F)(F)F)C(=O)O)c2cc1C(C)C. The third-order valence-corrected chi connectivity index (χ3v) is 4.08. The second kappa shape index (κ2) is 7.39. The van der Waals surface area contributed by atoms with Crippen molar-refractivity contribution in [1.82, 2.24) is 5.32 Å². The van der Waals surface area contributed by atoms with E-state index in [1.54, 1.807) is 0 Å². The van der Waals surface area contributed by atoms with Crippen molar-refractivity contribution in [2.75, 3.05) is 0 Å². The summed E-state index contributed by atoms with van der Waals surface area (Å²) in [7, 11) is 0.